The van der Waals surface area contributed by atoms with E-state index in [1.807, 2.05) is 31.2 Å². The van der Waals surface area contributed by atoms with Crippen molar-refractivity contribution in [2.75, 3.05) is 11.5 Å². The zero-order valence-corrected chi connectivity index (χ0v) is 18.7. The molecule has 5 atom stereocenters. The molecule has 166 valence electrons. The van der Waals surface area contributed by atoms with Gasteiger partial charge in [-0.15, -0.1) is 0 Å². The van der Waals surface area contributed by atoms with Gasteiger partial charge in [-0.05, 0) is 43.9 Å². The van der Waals surface area contributed by atoms with Crippen LogP contribution >= 0.6 is 0 Å². The summed E-state index contributed by atoms with van der Waals surface area (Å²) in [5, 5.41) is 0. The first-order valence-electron chi connectivity index (χ1n) is 11.8. The molecule has 5 heteroatoms. The Kier molecular flexibility index (Phi) is 4.17. The number of hydrogen-bond donors (Lipinski definition) is 0. The van der Waals surface area contributed by atoms with Gasteiger partial charge in [0.15, 0.2) is 5.78 Å². The maximum Gasteiger partial charge on any atom is 0.348 e. The van der Waals surface area contributed by atoms with Crippen molar-refractivity contribution >= 4 is 17.4 Å². The topological polar surface area (TPSA) is 55.8 Å². The summed E-state index contributed by atoms with van der Waals surface area (Å²) in [6.45, 7) is 4.66. The summed E-state index contributed by atoms with van der Waals surface area (Å²) in [6.07, 6.45) is 3.55. The Bertz CT molecular complexity index is 1100. The lowest BCUT2D eigenvalue weighted by Crippen LogP contribution is -2.66. The van der Waals surface area contributed by atoms with Crippen LogP contribution in [0.4, 0.5) is 5.69 Å². The van der Waals surface area contributed by atoms with Crippen molar-refractivity contribution in [2.45, 2.75) is 69.2 Å². The van der Waals surface area contributed by atoms with E-state index >= 15 is 0 Å². The lowest BCUT2D eigenvalue weighted by molar-refractivity contribution is -0.173. The van der Waals surface area contributed by atoms with Crippen LogP contribution in [0.5, 0.6) is 0 Å². The van der Waals surface area contributed by atoms with Gasteiger partial charge in [-0.25, -0.2) is 4.79 Å². The fourth-order valence-corrected chi connectivity index (χ4v) is 7.25. The number of rotatable bonds is 4. The van der Waals surface area contributed by atoms with Gasteiger partial charge >= 0.3 is 5.97 Å². The van der Waals surface area contributed by atoms with E-state index in [1.54, 1.807) is 6.92 Å². The van der Waals surface area contributed by atoms with E-state index in [2.05, 4.69) is 35.2 Å². The van der Waals surface area contributed by atoms with Crippen LogP contribution in [0.25, 0.3) is 0 Å². The van der Waals surface area contributed by atoms with Gasteiger partial charge in [0.25, 0.3) is 0 Å². The number of ether oxygens (including phenoxy) is 2. The van der Waals surface area contributed by atoms with Gasteiger partial charge in [-0.1, -0.05) is 61.4 Å². The Morgan fingerprint density at radius 1 is 1.09 bits per heavy atom. The highest BCUT2D eigenvalue weighted by atomic mass is 16.6. The minimum Gasteiger partial charge on any atom is -0.463 e. The van der Waals surface area contributed by atoms with E-state index in [4.69, 9.17) is 9.47 Å². The minimum atomic E-state index is -1.58. The van der Waals surface area contributed by atoms with Crippen LogP contribution < -0.4 is 4.90 Å². The predicted molar refractivity (Wildman–Crippen MR) is 120 cm³/mol. The lowest BCUT2D eigenvalue weighted by Gasteiger charge is -2.50. The molecule has 2 aromatic rings. The molecular formula is C27H29NO4. The second-order valence-electron chi connectivity index (χ2n) is 9.91. The molecule has 0 aromatic heterocycles. The second kappa shape index (κ2) is 6.67. The summed E-state index contributed by atoms with van der Waals surface area (Å²) in [6, 6.07) is 18.2. The van der Waals surface area contributed by atoms with Crippen molar-refractivity contribution in [3.8, 4) is 0 Å². The Hall–Kier alpha value is -2.66. The molecule has 1 aliphatic carbocycles. The summed E-state index contributed by atoms with van der Waals surface area (Å²) >= 11 is 0. The number of carbonyl (C=O) groups is 2. The van der Waals surface area contributed by atoms with E-state index in [0.29, 0.717) is 6.54 Å². The normalized spacial score (nSPS) is 36.6. The van der Waals surface area contributed by atoms with Gasteiger partial charge in [0, 0.05) is 18.2 Å². The summed E-state index contributed by atoms with van der Waals surface area (Å²) in [5.41, 5.74) is 0.524. The van der Waals surface area contributed by atoms with Crippen LogP contribution in [0.2, 0.25) is 0 Å². The quantitative estimate of drug-likeness (QED) is 0.531. The molecule has 3 fully saturated rings. The van der Waals surface area contributed by atoms with Crippen LogP contribution in [0.3, 0.4) is 0 Å². The molecule has 4 aliphatic rings. The SMILES string of the molecule is CCOC(=O)[C@@]12O[C@]3(CCCC[C@@]3(C)C1=O)[C@@H]1c3ccccc3N(Cc3ccccc3)[C@@H]12. The first-order chi connectivity index (χ1) is 15.5. The number of anilines is 1. The Labute approximate surface area is 188 Å². The smallest absolute Gasteiger partial charge is 0.348 e. The highest BCUT2D eigenvalue weighted by Crippen LogP contribution is 2.72. The standard InChI is InChI=1S/C27H29NO4/c1-3-31-24(30)27-22-21(26(32-27)16-10-9-15-25(26,2)23(27)29)19-13-7-8-14-20(19)28(22)17-18-11-5-4-6-12-18/h4-8,11-14,21-22H,3,9-10,15-17H2,1-2H3/t21-,22+,25+,26-,27+/m1/s1. The second-order valence-corrected chi connectivity index (χ2v) is 9.91. The zero-order valence-electron chi connectivity index (χ0n) is 18.7. The molecule has 1 spiro atoms. The first-order valence-corrected chi connectivity index (χ1v) is 11.8. The van der Waals surface area contributed by atoms with E-state index in [0.717, 1.165) is 36.9 Å². The van der Waals surface area contributed by atoms with Crippen molar-refractivity contribution in [3.05, 3.63) is 65.7 Å². The third-order valence-corrected chi connectivity index (χ3v) is 8.52. The average molecular weight is 432 g/mol. The molecule has 2 saturated heterocycles. The van der Waals surface area contributed by atoms with Gasteiger partial charge in [0.2, 0.25) is 5.60 Å². The summed E-state index contributed by atoms with van der Waals surface area (Å²) in [4.78, 5) is 30.1. The summed E-state index contributed by atoms with van der Waals surface area (Å²) < 4.78 is 12.4. The van der Waals surface area contributed by atoms with Gasteiger partial charge in [0.05, 0.1) is 23.7 Å². The van der Waals surface area contributed by atoms with Gasteiger partial charge < -0.3 is 14.4 Å². The largest absolute Gasteiger partial charge is 0.463 e. The monoisotopic (exact) mass is 431 g/mol. The number of para-hydroxylation sites is 1. The average Bonchev–Trinajstić information content (AvgIpc) is 3.37. The van der Waals surface area contributed by atoms with Crippen LogP contribution in [0, 0.1) is 5.41 Å². The summed E-state index contributed by atoms with van der Waals surface area (Å²) in [5.74, 6) is -0.622. The van der Waals surface area contributed by atoms with Crippen molar-refractivity contribution < 1.29 is 19.1 Å². The number of nitrogens with zero attached hydrogens (tertiary/aromatic N) is 1. The molecule has 0 amide bonds. The molecular weight excluding hydrogens is 402 g/mol. The van der Waals surface area contributed by atoms with Crippen molar-refractivity contribution in [2.24, 2.45) is 5.41 Å². The third-order valence-electron chi connectivity index (χ3n) is 8.52. The molecule has 32 heavy (non-hydrogen) atoms. The van der Waals surface area contributed by atoms with Crippen LogP contribution in [-0.4, -0.2) is 35.6 Å². The Balaban J connectivity index is 1.58. The Morgan fingerprint density at radius 2 is 1.81 bits per heavy atom. The zero-order chi connectivity index (χ0) is 22.1. The molecule has 3 heterocycles. The van der Waals surface area contributed by atoms with E-state index in [1.165, 1.54) is 5.56 Å². The molecule has 0 radical (unpaired) electrons. The minimum absolute atomic E-state index is 0.0326. The molecule has 5 nitrogen and oxygen atoms in total. The first kappa shape index (κ1) is 20.0. The van der Waals surface area contributed by atoms with Gasteiger partial charge in [0.1, 0.15) is 0 Å². The van der Waals surface area contributed by atoms with Gasteiger partial charge in [-0.3, -0.25) is 4.79 Å². The van der Waals surface area contributed by atoms with E-state index in [-0.39, 0.29) is 18.3 Å². The lowest BCUT2D eigenvalue weighted by atomic mass is 9.51. The van der Waals surface area contributed by atoms with Crippen LogP contribution in [0.1, 0.15) is 56.6 Å². The number of hydrogen-bond acceptors (Lipinski definition) is 5. The molecule has 0 unspecified atom stereocenters. The molecule has 1 saturated carbocycles. The fourth-order valence-electron chi connectivity index (χ4n) is 7.25. The molecule has 2 bridgehead atoms. The molecule has 6 rings (SSSR count). The van der Waals surface area contributed by atoms with Crippen molar-refractivity contribution in [3.63, 3.8) is 0 Å². The van der Waals surface area contributed by atoms with Crippen LogP contribution in [-0.2, 0) is 25.6 Å². The molecule has 0 N–H and O–H groups in total. The highest BCUT2D eigenvalue weighted by molar-refractivity contribution is 6.15. The number of benzene rings is 2. The number of Topliss-reactive ketones (excluding diaryl/α,β-unsaturated/α-hetero) is 1. The third kappa shape index (κ3) is 2.18. The van der Waals surface area contributed by atoms with Gasteiger partial charge in [-0.2, -0.15) is 0 Å². The Morgan fingerprint density at radius 3 is 2.59 bits per heavy atom. The maximum absolute atomic E-state index is 14.2. The number of esters is 1. The predicted octanol–water partition coefficient (Wildman–Crippen LogP) is 4.39. The number of fused-ring (bicyclic) bond motifs is 5. The summed E-state index contributed by atoms with van der Waals surface area (Å²) in [7, 11) is 0. The fraction of sp³-hybridized carbons (Fsp3) is 0.481. The highest BCUT2D eigenvalue weighted by Gasteiger charge is 2.86. The van der Waals surface area contributed by atoms with Crippen molar-refractivity contribution in [1.82, 2.24) is 0 Å². The number of carbonyl (C=O) groups excluding carboxylic acids is 2. The van der Waals surface area contributed by atoms with E-state index in [9.17, 15) is 9.59 Å². The van der Waals surface area contributed by atoms with Crippen LogP contribution in [0.15, 0.2) is 54.6 Å². The maximum atomic E-state index is 14.2. The molecule has 2 aromatic carbocycles. The number of ketones is 1. The van der Waals surface area contributed by atoms with E-state index < -0.39 is 28.6 Å². The van der Waals surface area contributed by atoms with Crippen molar-refractivity contribution in [1.29, 1.82) is 0 Å². The molecule has 3 aliphatic heterocycles.